The maximum atomic E-state index is 11.4. The first-order valence-electron chi connectivity index (χ1n) is 4.61. The molecular weight excluding hydrogens is 212 g/mol. The molecule has 2 amide bonds. The van der Waals surface area contributed by atoms with Crippen LogP contribution < -0.4 is 15.5 Å². The van der Waals surface area contributed by atoms with Crippen molar-refractivity contribution >= 4 is 17.5 Å². The molecule has 0 saturated heterocycles. The first-order chi connectivity index (χ1) is 7.70. The number of fused-ring (bicyclic) bond motifs is 1. The van der Waals surface area contributed by atoms with Gasteiger partial charge < -0.3 is 10.1 Å². The van der Waals surface area contributed by atoms with Gasteiger partial charge in [-0.05, 0) is 18.2 Å². The lowest BCUT2D eigenvalue weighted by Crippen LogP contribution is -2.26. The molecule has 0 fully saturated rings. The number of hydrogen-bond acceptors (Lipinski definition) is 4. The quantitative estimate of drug-likeness (QED) is 0.706. The number of rotatable bonds is 2. The molecule has 1 aromatic rings. The van der Waals surface area contributed by atoms with Crippen LogP contribution in [0.4, 0.5) is 5.69 Å². The first-order valence-corrected chi connectivity index (χ1v) is 4.61. The molecule has 0 bridgehead atoms. The van der Waals surface area contributed by atoms with Crippen molar-refractivity contribution in [1.29, 1.82) is 0 Å². The SMILES string of the molecule is CONC(=O)c1ccc2c(c1)NC(=O)CO2. The minimum Gasteiger partial charge on any atom is -0.482 e. The summed E-state index contributed by atoms with van der Waals surface area (Å²) >= 11 is 0. The summed E-state index contributed by atoms with van der Waals surface area (Å²) in [4.78, 5) is 27.0. The van der Waals surface area contributed by atoms with Crippen LogP contribution in [-0.2, 0) is 9.63 Å². The lowest BCUT2D eigenvalue weighted by molar-refractivity contribution is -0.118. The van der Waals surface area contributed by atoms with E-state index in [2.05, 4.69) is 15.6 Å². The average molecular weight is 222 g/mol. The van der Waals surface area contributed by atoms with Crippen molar-refractivity contribution in [2.75, 3.05) is 19.0 Å². The maximum Gasteiger partial charge on any atom is 0.274 e. The van der Waals surface area contributed by atoms with Gasteiger partial charge in [0.15, 0.2) is 6.61 Å². The van der Waals surface area contributed by atoms with Crippen molar-refractivity contribution in [3.8, 4) is 5.75 Å². The molecule has 0 aliphatic carbocycles. The number of nitrogens with one attached hydrogen (secondary N) is 2. The third-order valence-corrected chi connectivity index (χ3v) is 2.07. The molecule has 0 atom stereocenters. The second kappa shape index (κ2) is 4.19. The number of carbonyl (C=O) groups is 2. The zero-order chi connectivity index (χ0) is 11.5. The van der Waals surface area contributed by atoms with Crippen LogP contribution in [0.1, 0.15) is 10.4 Å². The van der Waals surface area contributed by atoms with Gasteiger partial charge in [0.1, 0.15) is 5.75 Å². The Morgan fingerprint density at radius 3 is 3.12 bits per heavy atom. The molecule has 6 nitrogen and oxygen atoms in total. The Kier molecular flexibility index (Phi) is 2.74. The average Bonchev–Trinajstić information content (AvgIpc) is 2.28. The summed E-state index contributed by atoms with van der Waals surface area (Å²) in [5.41, 5.74) is 3.05. The van der Waals surface area contributed by atoms with Gasteiger partial charge >= 0.3 is 0 Å². The smallest absolute Gasteiger partial charge is 0.274 e. The zero-order valence-corrected chi connectivity index (χ0v) is 8.57. The fourth-order valence-electron chi connectivity index (χ4n) is 1.38. The molecule has 1 heterocycles. The molecule has 0 saturated carbocycles. The van der Waals surface area contributed by atoms with Crippen molar-refractivity contribution in [3.63, 3.8) is 0 Å². The lowest BCUT2D eigenvalue weighted by Gasteiger charge is -2.18. The molecule has 0 aromatic heterocycles. The zero-order valence-electron chi connectivity index (χ0n) is 8.57. The van der Waals surface area contributed by atoms with Gasteiger partial charge in [0.05, 0.1) is 12.8 Å². The van der Waals surface area contributed by atoms with Gasteiger partial charge in [-0.1, -0.05) is 0 Å². The standard InChI is InChI=1S/C10H10N2O4/c1-15-12-10(14)6-2-3-8-7(4-6)11-9(13)5-16-8/h2-4H,5H2,1H3,(H,11,13)(H,12,14). The Morgan fingerprint density at radius 2 is 2.38 bits per heavy atom. The highest BCUT2D eigenvalue weighted by molar-refractivity contribution is 5.99. The third kappa shape index (κ3) is 1.96. The van der Waals surface area contributed by atoms with Gasteiger partial charge in [0.25, 0.3) is 11.8 Å². The van der Waals surface area contributed by atoms with Crippen LogP contribution in [0.2, 0.25) is 0 Å². The van der Waals surface area contributed by atoms with Crippen LogP contribution in [0.25, 0.3) is 0 Å². The predicted molar refractivity (Wildman–Crippen MR) is 55.0 cm³/mol. The summed E-state index contributed by atoms with van der Waals surface area (Å²) in [5.74, 6) is -0.0736. The fraction of sp³-hybridized carbons (Fsp3) is 0.200. The van der Waals surface area contributed by atoms with Crippen LogP contribution in [0, 0.1) is 0 Å². The van der Waals surface area contributed by atoms with Crippen LogP contribution in [-0.4, -0.2) is 25.5 Å². The minimum atomic E-state index is -0.384. The van der Waals surface area contributed by atoms with Crippen molar-refractivity contribution < 1.29 is 19.2 Å². The molecule has 1 aliphatic heterocycles. The largest absolute Gasteiger partial charge is 0.482 e. The van der Waals surface area contributed by atoms with E-state index in [0.717, 1.165) is 0 Å². The number of benzene rings is 1. The Morgan fingerprint density at radius 1 is 1.56 bits per heavy atom. The van der Waals surface area contributed by atoms with E-state index < -0.39 is 0 Å². The molecule has 2 N–H and O–H groups in total. The van der Waals surface area contributed by atoms with Crippen LogP contribution >= 0.6 is 0 Å². The molecule has 1 aliphatic rings. The summed E-state index contributed by atoms with van der Waals surface area (Å²) in [6, 6.07) is 4.74. The Bertz CT molecular complexity index is 444. The Hall–Kier alpha value is -2.08. The number of hydroxylamine groups is 1. The van der Waals surface area contributed by atoms with E-state index in [1.807, 2.05) is 0 Å². The number of amides is 2. The van der Waals surface area contributed by atoms with E-state index in [9.17, 15) is 9.59 Å². The van der Waals surface area contributed by atoms with Crippen LogP contribution in [0.3, 0.4) is 0 Å². The monoisotopic (exact) mass is 222 g/mol. The Balaban J connectivity index is 2.27. The van der Waals surface area contributed by atoms with E-state index in [4.69, 9.17) is 4.74 Å². The van der Waals surface area contributed by atoms with Crippen molar-refractivity contribution in [3.05, 3.63) is 23.8 Å². The molecule has 1 aromatic carbocycles. The van der Waals surface area contributed by atoms with Crippen LogP contribution in [0.15, 0.2) is 18.2 Å². The summed E-state index contributed by atoms with van der Waals surface area (Å²) in [6.07, 6.45) is 0. The molecule has 6 heteroatoms. The summed E-state index contributed by atoms with van der Waals surface area (Å²) < 4.78 is 5.16. The fourth-order valence-corrected chi connectivity index (χ4v) is 1.38. The van der Waals surface area contributed by atoms with Gasteiger partial charge in [-0.3, -0.25) is 14.4 Å². The highest BCUT2D eigenvalue weighted by atomic mass is 16.6. The number of ether oxygens (including phenoxy) is 1. The van der Waals surface area contributed by atoms with E-state index in [0.29, 0.717) is 17.0 Å². The molecular formula is C10H10N2O4. The third-order valence-electron chi connectivity index (χ3n) is 2.07. The van der Waals surface area contributed by atoms with Gasteiger partial charge in [-0.25, -0.2) is 5.48 Å². The van der Waals surface area contributed by atoms with E-state index in [-0.39, 0.29) is 18.4 Å². The molecule has 0 spiro atoms. The number of anilines is 1. The lowest BCUT2D eigenvalue weighted by atomic mass is 10.1. The van der Waals surface area contributed by atoms with Gasteiger partial charge in [0.2, 0.25) is 0 Å². The molecule has 0 unspecified atom stereocenters. The molecule has 2 rings (SSSR count). The summed E-state index contributed by atoms with van der Waals surface area (Å²) in [7, 11) is 1.35. The van der Waals surface area contributed by atoms with E-state index in [1.54, 1.807) is 12.1 Å². The van der Waals surface area contributed by atoms with Crippen molar-refractivity contribution in [2.24, 2.45) is 0 Å². The summed E-state index contributed by atoms with van der Waals surface area (Å²) in [5, 5.41) is 2.61. The van der Waals surface area contributed by atoms with E-state index in [1.165, 1.54) is 13.2 Å². The van der Waals surface area contributed by atoms with E-state index >= 15 is 0 Å². The first kappa shape index (κ1) is 10.4. The molecule has 0 radical (unpaired) electrons. The maximum absolute atomic E-state index is 11.4. The van der Waals surface area contributed by atoms with Gasteiger partial charge in [-0.15, -0.1) is 0 Å². The predicted octanol–water partition coefficient (Wildman–Crippen LogP) is 0.309. The topological polar surface area (TPSA) is 76.7 Å². The van der Waals surface area contributed by atoms with Gasteiger partial charge in [0, 0.05) is 5.56 Å². The number of hydrogen-bond donors (Lipinski definition) is 2. The highest BCUT2D eigenvalue weighted by Crippen LogP contribution is 2.28. The minimum absolute atomic E-state index is 0.00336. The van der Waals surface area contributed by atoms with Crippen LogP contribution in [0.5, 0.6) is 5.75 Å². The van der Waals surface area contributed by atoms with Crippen molar-refractivity contribution in [1.82, 2.24) is 5.48 Å². The summed E-state index contributed by atoms with van der Waals surface area (Å²) in [6.45, 7) is -0.00336. The Labute approximate surface area is 91.5 Å². The second-order valence-corrected chi connectivity index (χ2v) is 3.18. The van der Waals surface area contributed by atoms with Crippen molar-refractivity contribution in [2.45, 2.75) is 0 Å². The van der Waals surface area contributed by atoms with Gasteiger partial charge in [-0.2, -0.15) is 0 Å². The number of carbonyl (C=O) groups excluding carboxylic acids is 2. The normalized spacial score (nSPS) is 13.4. The molecule has 16 heavy (non-hydrogen) atoms. The second-order valence-electron chi connectivity index (χ2n) is 3.18. The highest BCUT2D eigenvalue weighted by Gasteiger charge is 2.17. The molecule has 84 valence electrons.